The number of carbonyl (C=O) groups excluding carboxylic acids is 3. The molecule has 1 aromatic rings. The van der Waals surface area contributed by atoms with Gasteiger partial charge in [0.2, 0.25) is 5.91 Å². The zero-order valence-electron chi connectivity index (χ0n) is 15.1. The molecule has 0 atom stereocenters. The molecule has 2 rings (SSSR count). The maximum atomic E-state index is 13.7. The quantitative estimate of drug-likeness (QED) is 0.453. The van der Waals surface area contributed by atoms with Gasteiger partial charge in [-0.2, -0.15) is 5.10 Å². The van der Waals surface area contributed by atoms with Crippen LogP contribution in [-0.2, 0) is 9.59 Å². The Morgan fingerprint density at radius 2 is 2.08 bits per heavy atom. The Morgan fingerprint density at radius 1 is 1.38 bits per heavy atom. The molecule has 0 aromatic heterocycles. The molecule has 0 spiro atoms. The fourth-order valence-electron chi connectivity index (χ4n) is 2.39. The summed E-state index contributed by atoms with van der Waals surface area (Å²) in [6, 6.07) is 3.80. The smallest absolute Gasteiger partial charge is 0.325 e. The van der Waals surface area contributed by atoms with Crippen LogP contribution in [0.5, 0.6) is 5.75 Å². The van der Waals surface area contributed by atoms with Crippen LogP contribution in [0, 0.1) is 5.82 Å². The number of hydrogen-bond acceptors (Lipinski definition) is 5. The Balaban J connectivity index is 1.92. The molecule has 0 bridgehead atoms. The molecule has 1 fully saturated rings. The third kappa shape index (κ3) is 4.16. The Bertz CT molecular complexity index is 776. The lowest BCUT2D eigenvalue weighted by molar-refractivity contribution is -0.130. The molecular weight excluding hydrogens is 343 g/mol. The van der Waals surface area contributed by atoms with Gasteiger partial charge in [0.05, 0.1) is 12.8 Å². The van der Waals surface area contributed by atoms with Crippen molar-refractivity contribution >= 4 is 23.6 Å². The summed E-state index contributed by atoms with van der Waals surface area (Å²) in [5, 5.41) is 6.44. The van der Waals surface area contributed by atoms with Crippen molar-refractivity contribution in [3.05, 3.63) is 29.6 Å². The number of carbonyl (C=O) groups is 3. The minimum absolute atomic E-state index is 0.0499. The first-order valence-corrected chi connectivity index (χ1v) is 7.97. The van der Waals surface area contributed by atoms with Gasteiger partial charge >= 0.3 is 6.03 Å². The van der Waals surface area contributed by atoms with Crippen LogP contribution < -0.4 is 15.5 Å². The Kier molecular flexibility index (Phi) is 5.59. The molecule has 140 valence electrons. The average Bonchev–Trinajstić information content (AvgIpc) is 2.78. The summed E-state index contributed by atoms with van der Waals surface area (Å²) in [4.78, 5) is 36.7. The van der Waals surface area contributed by atoms with Gasteiger partial charge in [-0.1, -0.05) is 0 Å². The van der Waals surface area contributed by atoms with Gasteiger partial charge in [-0.3, -0.25) is 14.5 Å². The maximum absolute atomic E-state index is 13.7. The lowest BCUT2D eigenvalue weighted by atomic mass is 10.1. The second kappa shape index (κ2) is 7.51. The maximum Gasteiger partial charge on any atom is 0.325 e. The van der Waals surface area contributed by atoms with Crippen LogP contribution in [0.25, 0.3) is 0 Å². The van der Waals surface area contributed by atoms with Gasteiger partial charge in [-0.15, -0.1) is 0 Å². The van der Waals surface area contributed by atoms with Crippen molar-refractivity contribution in [1.82, 2.24) is 15.6 Å². The van der Waals surface area contributed by atoms with Crippen LogP contribution in [0.1, 0.15) is 32.8 Å². The number of ether oxygens (including phenoxy) is 1. The van der Waals surface area contributed by atoms with Crippen LogP contribution in [0.3, 0.4) is 0 Å². The molecule has 2 N–H and O–H groups in total. The van der Waals surface area contributed by atoms with Crippen LogP contribution in [0.15, 0.2) is 23.3 Å². The number of nitrogens with one attached hydrogen (secondary N) is 2. The second-order valence-corrected chi connectivity index (χ2v) is 6.34. The van der Waals surface area contributed by atoms with Crippen molar-refractivity contribution in [2.24, 2.45) is 5.10 Å². The first-order valence-electron chi connectivity index (χ1n) is 7.97. The van der Waals surface area contributed by atoms with Crippen LogP contribution in [0.4, 0.5) is 9.18 Å². The normalized spacial score (nSPS) is 16.5. The van der Waals surface area contributed by atoms with E-state index in [2.05, 4.69) is 15.8 Å². The van der Waals surface area contributed by atoms with Crippen molar-refractivity contribution in [2.45, 2.75) is 32.7 Å². The molecule has 8 nitrogen and oxygen atoms in total. The van der Waals surface area contributed by atoms with Gasteiger partial charge in [0.25, 0.3) is 5.91 Å². The van der Waals surface area contributed by atoms with Crippen molar-refractivity contribution in [2.75, 3.05) is 13.7 Å². The number of methoxy groups -OCH3 is 1. The Morgan fingerprint density at radius 3 is 2.62 bits per heavy atom. The van der Waals surface area contributed by atoms with Crippen molar-refractivity contribution in [3.8, 4) is 5.75 Å². The minimum atomic E-state index is -0.971. The predicted octanol–water partition coefficient (Wildman–Crippen LogP) is 1.39. The van der Waals surface area contributed by atoms with E-state index in [1.165, 1.54) is 19.2 Å². The van der Waals surface area contributed by atoms with Crippen molar-refractivity contribution in [3.63, 3.8) is 0 Å². The second-order valence-electron chi connectivity index (χ2n) is 6.34. The van der Waals surface area contributed by atoms with E-state index in [1.54, 1.807) is 26.8 Å². The number of rotatable bonds is 6. The molecule has 1 aromatic carbocycles. The van der Waals surface area contributed by atoms with E-state index in [0.29, 0.717) is 11.3 Å². The Hall–Kier alpha value is -2.97. The molecule has 0 unspecified atom stereocenters. The van der Waals surface area contributed by atoms with Crippen LogP contribution >= 0.6 is 0 Å². The number of hydrazone groups is 1. The monoisotopic (exact) mass is 364 g/mol. The predicted molar refractivity (Wildman–Crippen MR) is 92.2 cm³/mol. The van der Waals surface area contributed by atoms with E-state index >= 15 is 0 Å². The number of urea groups is 1. The topological polar surface area (TPSA) is 100 Å². The summed E-state index contributed by atoms with van der Waals surface area (Å²) < 4.78 is 18.5. The third-order valence-electron chi connectivity index (χ3n) is 3.92. The molecule has 0 radical (unpaired) electrons. The van der Waals surface area contributed by atoms with E-state index in [4.69, 9.17) is 4.74 Å². The van der Waals surface area contributed by atoms with Gasteiger partial charge in [0, 0.05) is 18.5 Å². The molecular formula is C17H21FN4O4. The average molecular weight is 364 g/mol. The first kappa shape index (κ1) is 19.4. The highest BCUT2D eigenvalue weighted by molar-refractivity contribution is 6.06. The summed E-state index contributed by atoms with van der Waals surface area (Å²) in [6.45, 7) is 4.75. The first-order chi connectivity index (χ1) is 12.2. The molecule has 1 heterocycles. The standard InChI is InChI=1S/C17H21FN4O4/c1-10(11-5-6-13(26-4)12(18)9-11)20-21-14(23)7-8-22-15(24)17(2,3)19-16(22)25/h5-6,9H,7-8H2,1-4H3,(H,19,25)(H,21,23)/b20-10-. The molecule has 1 aliphatic rings. The molecule has 0 aliphatic carbocycles. The van der Waals surface area contributed by atoms with E-state index in [1.807, 2.05) is 0 Å². The van der Waals surface area contributed by atoms with Gasteiger partial charge in [0.15, 0.2) is 11.6 Å². The van der Waals surface area contributed by atoms with Gasteiger partial charge in [-0.05, 0) is 39.0 Å². The summed E-state index contributed by atoms with van der Waals surface area (Å²) in [7, 11) is 1.37. The van der Waals surface area contributed by atoms with E-state index in [9.17, 15) is 18.8 Å². The molecule has 0 saturated carbocycles. The summed E-state index contributed by atoms with van der Waals surface area (Å²) in [5.74, 6) is -1.28. The molecule has 1 aliphatic heterocycles. The largest absolute Gasteiger partial charge is 0.494 e. The number of nitrogens with zero attached hydrogens (tertiary/aromatic N) is 2. The number of hydrogen-bond donors (Lipinski definition) is 2. The highest BCUT2D eigenvalue weighted by atomic mass is 19.1. The van der Waals surface area contributed by atoms with Crippen molar-refractivity contribution in [1.29, 1.82) is 0 Å². The summed E-state index contributed by atoms with van der Waals surface area (Å²) >= 11 is 0. The lowest BCUT2D eigenvalue weighted by Gasteiger charge is -2.15. The fourth-order valence-corrected chi connectivity index (χ4v) is 2.39. The zero-order chi connectivity index (χ0) is 19.5. The molecule has 9 heteroatoms. The molecule has 1 saturated heterocycles. The van der Waals surface area contributed by atoms with Gasteiger partial charge in [0.1, 0.15) is 5.54 Å². The van der Waals surface area contributed by atoms with Gasteiger partial charge < -0.3 is 10.1 Å². The number of imide groups is 1. The highest BCUT2D eigenvalue weighted by Crippen LogP contribution is 2.18. The zero-order valence-corrected chi connectivity index (χ0v) is 15.1. The van der Waals surface area contributed by atoms with Crippen LogP contribution in [-0.4, -0.2) is 47.7 Å². The third-order valence-corrected chi connectivity index (χ3v) is 3.92. The molecule has 26 heavy (non-hydrogen) atoms. The van der Waals surface area contributed by atoms with Crippen molar-refractivity contribution < 1.29 is 23.5 Å². The lowest BCUT2D eigenvalue weighted by Crippen LogP contribution is -2.40. The summed E-state index contributed by atoms with van der Waals surface area (Å²) in [6.07, 6.45) is -0.0943. The summed E-state index contributed by atoms with van der Waals surface area (Å²) in [5.41, 5.74) is 2.24. The minimum Gasteiger partial charge on any atom is -0.494 e. The molecule has 4 amide bonds. The van der Waals surface area contributed by atoms with E-state index in [0.717, 1.165) is 4.90 Å². The van der Waals surface area contributed by atoms with E-state index < -0.39 is 23.3 Å². The van der Waals surface area contributed by atoms with Gasteiger partial charge in [-0.25, -0.2) is 14.6 Å². The number of amides is 4. The number of halogens is 1. The van der Waals surface area contributed by atoms with Crippen LogP contribution in [0.2, 0.25) is 0 Å². The number of benzene rings is 1. The SMILES string of the molecule is COc1ccc(/C(C)=N\NC(=O)CCN2C(=O)NC(C)(C)C2=O)cc1F. The Labute approximate surface area is 150 Å². The highest BCUT2D eigenvalue weighted by Gasteiger charge is 2.43. The van der Waals surface area contributed by atoms with E-state index in [-0.39, 0.29) is 24.6 Å². The fraction of sp³-hybridized carbons (Fsp3) is 0.412.